The molecular formula is C20H24N4O3. The average molecular weight is 368 g/mol. The first-order chi connectivity index (χ1) is 13.2. The zero-order valence-electron chi connectivity index (χ0n) is 15.3. The third-order valence-electron chi connectivity index (χ3n) is 5.26. The lowest BCUT2D eigenvalue weighted by Crippen LogP contribution is -2.66. The summed E-state index contributed by atoms with van der Waals surface area (Å²) >= 11 is 0. The molecule has 2 aromatic heterocycles. The molecule has 0 N–H and O–H groups in total. The number of hydrogen-bond acceptors (Lipinski definition) is 6. The first kappa shape index (κ1) is 18.0. The smallest absolute Gasteiger partial charge is 0.291 e. The monoisotopic (exact) mass is 368 g/mol. The van der Waals surface area contributed by atoms with E-state index in [1.54, 1.807) is 29.6 Å². The Labute approximate surface area is 158 Å². The molecule has 1 spiro atoms. The Hall–Kier alpha value is -2.38. The van der Waals surface area contributed by atoms with E-state index in [2.05, 4.69) is 15.0 Å². The summed E-state index contributed by atoms with van der Waals surface area (Å²) in [6.07, 6.45) is 9.82. The fourth-order valence-corrected chi connectivity index (χ4v) is 3.86. The zero-order valence-corrected chi connectivity index (χ0v) is 15.3. The number of hydrogen-bond donors (Lipinski definition) is 0. The Morgan fingerprint density at radius 3 is 2.89 bits per heavy atom. The number of carbonyl (C=O) groups excluding carboxylic acids is 1. The van der Waals surface area contributed by atoms with Crippen molar-refractivity contribution in [1.29, 1.82) is 0 Å². The highest BCUT2D eigenvalue weighted by Crippen LogP contribution is 2.38. The number of carbonyl (C=O) groups is 1. The van der Waals surface area contributed by atoms with Crippen molar-refractivity contribution >= 4 is 5.91 Å². The van der Waals surface area contributed by atoms with Gasteiger partial charge in [0.1, 0.15) is 5.60 Å². The summed E-state index contributed by atoms with van der Waals surface area (Å²) in [6, 6.07) is 5.65. The molecule has 0 radical (unpaired) electrons. The van der Waals surface area contributed by atoms with E-state index in [0.29, 0.717) is 25.6 Å². The van der Waals surface area contributed by atoms with E-state index in [9.17, 15) is 4.79 Å². The fraction of sp³-hybridized carbons (Fsp3) is 0.500. The topological polar surface area (TPSA) is 77.4 Å². The van der Waals surface area contributed by atoms with Crippen molar-refractivity contribution in [3.8, 4) is 0 Å². The Bertz CT molecular complexity index is 750. The summed E-state index contributed by atoms with van der Waals surface area (Å²) in [5.74, 6) is 0.702. The Balaban J connectivity index is 1.21. The van der Waals surface area contributed by atoms with Crippen LogP contribution in [0.5, 0.6) is 0 Å². The van der Waals surface area contributed by atoms with Gasteiger partial charge in [0, 0.05) is 38.0 Å². The lowest BCUT2D eigenvalue weighted by Gasteiger charge is -2.53. The predicted molar refractivity (Wildman–Crippen MR) is 97.9 cm³/mol. The van der Waals surface area contributed by atoms with E-state index in [-0.39, 0.29) is 17.3 Å². The SMILES string of the molecule is O=C(c1ncccn1)N1CC2(C[C@H](CCOCc3cccnc3)CCO2)C1. The molecule has 2 fully saturated rings. The minimum absolute atomic E-state index is 0.119. The number of ether oxygens (including phenoxy) is 2. The van der Waals surface area contributed by atoms with Gasteiger partial charge in [-0.1, -0.05) is 6.07 Å². The third kappa shape index (κ3) is 4.31. The second-order valence-electron chi connectivity index (χ2n) is 7.33. The van der Waals surface area contributed by atoms with Crippen LogP contribution >= 0.6 is 0 Å². The molecule has 2 aromatic rings. The fourth-order valence-electron chi connectivity index (χ4n) is 3.86. The summed E-state index contributed by atoms with van der Waals surface area (Å²) < 4.78 is 11.8. The maximum Gasteiger partial charge on any atom is 0.291 e. The Morgan fingerprint density at radius 1 is 1.26 bits per heavy atom. The molecule has 2 aliphatic rings. The summed E-state index contributed by atoms with van der Waals surface area (Å²) in [5.41, 5.74) is 0.897. The molecule has 4 heterocycles. The molecule has 0 saturated carbocycles. The van der Waals surface area contributed by atoms with Crippen molar-refractivity contribution in [2.24, 2.45) is 5.92 Å². The highest BCUT2D eigenvalue weighted by molar-refractivity contribution is 5.91. The molecule has 2 aliphatic heterocycles. The van der Waals surface area contributed by atoms with Gasteiger partial charge < -0.3 is 14.4 Å². The molecule has 142 valence electrons. The number of aromatic nitrogens is 3. The van der Waals surface area contributed by atoms with Crippen LogP contribution in [0.15, 0.2) is 43.0 Å². The molecule has 7 nitrogen and oxygen atoms in total. The maximum absolute atomic E-state index is 12.4. The summed E-state index contributed by atoms with van der Waals surface area (Å²) in [6.45, 7) is 3.32. The van der Waals surface area contributed by atoms with E-state index in [0.717, 1.165) is 38.0 Å². The summed E-state index contributed by atoms with van der Waals surface area (Å²) in [7, 11) is 0. The summed E-state index contributed by atoms with van der Waals surface area (Å²) in [4.78, 5) is 26.4. The van der Waals surface area contributed by atoms with Gasteiger partial charge >= 0.3 is 0 Å². The molecular weight excluding hydrogens is 344 g/mol. The lowest BCUT2D eigenvalue weighted by atomic mass is 9.79. The minimum Gasteiger partial charge on any atom is -0.377 e. The first-order valence-electron chi connectivity index (χ1n) is 9.41. The minimum atomic E-state index is -0.198. The van der Waals surface area contributed by atoms with Crippen LogP contribution in [0.25, 0.3) is 0 Å². The molecule has 0 aromatic carbocycles. The second kappa shape index (κ2) is 8.10. The van der Waals surface area contributed by atoms with Gasteiger partial charge in [0.25, 0.3) is 5.91 Å². The van der Waals surface area contributed by atoms with Gasteiger partial charge in [-0.25, -0.2) is 9.97 Å². The molecule has 2 saturated heterocycles. The van der Waals surface area contributed by atoms with Crippen LogP contribution in [0.2, 0.25) is 0 Å². The largest absolute Gasteiger partial charge is 0.377 e. The summed E-state index contributed by atoms with van der Waals surface area (Å²) in [5, 5.41) is 0. The van der Waals surface area contributed by atoms with Crippen molar-refractivity contribution in [2.75, 3.05) is 26.3 Å². The van der Waals surface area contributed by atoms with Crippen LogP contribution in [0.3, 0.4) is 0 Å². The highest BCUT2D eigenvalue weighted by atomic mass is 16.5. The van der Waals surface area contributed by atoms with Gasteiger partial charge in [0.15, 0.2) is 0 Å². The van der Waals surface area contributed by atoms with E-state index in [4.69, 9.17) is 9.47 Å². The van der Waals surface area contributed by atoms with Crippen LogP contribution in [0.1, 0.15) is 35.4 Å². The first-order valence-corrected chi connectivity index (χ1v) is 9.41. The van der Waals surface area contributed by atoms with Gasteiger partial charge in [-0.05, 0) is 42.9 Å². The maximum atomic E-state index is 12.4. The Kier molecular flexibility index (Phi) is 5.40. The molecule has 0 unspecified atom stereocenters. The number of amides is 1. The molecule has 7 heteroatoms. The molecule has 4 rings (SSSR count). The van der Waals surface area contributed by atoms with Crippen LogP contribution in [-0.2, 0) is 16.1 Å². The van der Waals surface area contributed by atoms with Crippen molar-refractivity contribution < 1.29 is 14.3 Å². The van der Waals surface area contributed by atoms with Crippen molar-refractivity contribution in [1.82, 2.24) is 19.9 Å². The standard InChI is InChI=1S/C20H24N4O3/c25-19(18-22-7-2-8-23-18)24-14-20(15-24)11-16(5-10-27-20)4-9-26-13-17-3-1-6-21-12-17/h1-3,6-8,12,16H,4-5,9-11,13-15H2/t16-/m1/s1. The van der Waals surface area contributed by atoms with Gasteiger partial charge in [-0.2, -0.15) is 0 Å². The Morgan fingerprint density at radius 2 is 2.11 bits per heavy atom. The second-order valence-corrected chi connectivity index (χ2v) is 7.33. The van der Waals surface area contributed by atoms with Crippen molar-refractivity contribution in [3.63, 3.8) is 0 Å². The molecule has 0 bridgehead atoms. The number of likely N-dealkylation sites (tertiary alicyclic amines) is 1. The van der Waals surface area contributed by atoms with Crippen LogP contribution < -0.4 is 0 Å². The van der Waals surface area contributed by atoms with E-state index in [1.807, 2.05) is 18.3 Å². The van der Waals surface area contributed by atoms with Gasteiger partial charge in [-0.3, -0.25) is 9.78 Å². The quantitative estimate of drug-likeness (QED) is 0.727. The van der Waals surface area contributed by atoms with E-state index < -0.39 is 0 Å². The van der Waals surface area contributed by atoms with Crippen LogP contribution in [-0.4, -0.2) is 57.7 Å². The number of pyridine rings is 1. The van der Waals surface area contributed by atoms with E-state index >= 15 is 0 Å². The van der Waals surface area contributed by atoms with Crippen molar-refractivity contribution in [2.45, 2.75) is 31.5 Å². The number of nitrogens with zero attached hydrogens (tertiary/aromatic N) is 4. The zero-order chi connectivity index (χ0) is 18.5. The molecule has 1 atom stereocenters. The van der Waals surface area contributed by atoms with Gasteiger partial charge in [0.2, 0.25) is 5.82 Å². The van der Waals surface area contributed by atoms with Crippen LogP contribution in [0, 0.1) is 5.92 Å². The molecule has 0 aliphatic carbocycles. The third-order valence-corrected chi connectivity index (χ3v) is 5.26. The average Bonchev–Trinajstić information content (AvgIpc) is 2.70. The predicted octanol–water partition coefficient (Wildman–Crippen LogP) is 2.10. The van der Waals surface area contributed by atoms with Gasteiger partial charge in [0.05, 0.1) is 19.7 Å². The molecule has 27 heavy (non-hydrogen) atoms. The normalized spacial score (nSPS) is 21.0. The lowest BCUT2D eigenvalue weighted by molar-refractivity contribution is -0.167. The highest BCUT2D eigenvalue weighted by Gasteiger charge is 2.49. The van der Waals surface area contributed by atoms with E-state index in [1.165, 1.54) is 0 Å². The molecule has 1 amide bonds. The van der Waals surface area contributed by atoms with Crippen LogP contribution in [0.4, 0.5) is 0 Å². The van der Waals surface area contributed by atoms with Gasteiger partial charge in [-0.15, -0.1) is 0 Å². The van der Waals surface area contributed by atoms with Crippen molar-refractivity contribution in [3.05, 3.63) is 54.4 Å². The number of rotatable bonds is 6.